The number of nitrogens with zero attached hydrogens (tertiary/aromatic N) is 3. The molecule has 0 bridgehead atoms. The Kier molecular flexibility index (Phi) is 2.58. The van der Waals surface area contributed by atoms with Crippen LogP contribution in [-0.4, -0.2) is 14.3 Å². The molecule has 1 aliphatic rings. The molecule has 2 rings (SSSR count). The lowest BCUT2D eigenvalue weighted by atomic mass is 10.2. The van der Waals surface area contributed by atoms with Crippen LogP contribution in [0.2, 0.25) is 0 Å². The molecule has 1 aromatic rings. The Morgan fingerprint density at radius 1 is 1.57 bits per heavy atom. The van der Waals surface area contributed by atoms with Crippen molar-refractivity contribution in [2.24, 2.45) is 0 Å². The van der Waals surface area contributed by atoms with Crippen molar-refractivity contribution in [1.29, 1.82) is 0 Å². The summed E-state index contributed by atoms with van der Waals surface area (Å²) in [7, 11) is 0. The fourth-order valence-electron chi connectivity index (χ4n) is 1.71. The van der Waals surface area contributed by atoms with Crippen LogP contribution in [0.15, 0.2) is 15.9 Å². The Labute approximate surface area is 90.4 Å². The third kappa shape index (κ3) is 1.68. The van der Waals surface area contributed by atoms with Gasteiger partial charge in [0.15, 0.2) is 0 Å². The summed E-state index contributed by atoms with van der Waals surface area (Å²) >= 11 is 3.24. The fourth-order valence-corrected chi connectivity index (χ4v) is 1.95. The molecule has 1 aromatic heterocycles. The van der Waals surface area contributed by atoms with E-state index in [2.05, 4.69) is 27.6 Å². The lowest BCUT2D eigenvalue weighted by Gasteiger charge is -2.09. The third-order valence-electron chi connectivity index (χ3n) is 2.35. The lowest BCUT2D eigenvalue weighted by molar-refractivity contribution is 0.511. The number of halogens is 1. The zero-order chi connectivity index (χ0) is 10.1. The zero-order valence-corrected chi connectivity index (χ0v) is 9.46. The van der Waals surface area contributed by atoms with Crippen LogP contribution in [-0.2, 0) is 19.5 Å². The number of fused-ring (bicyclic) bond motifs is 1. The molecular weight excluding hydrogens is 246 g/mol. The second kappa shape index (κ2) is 3.73. The maximum atomic E-state index is 11.8. The quantitative estimate of drug-likeness (QED) is 0.801. The van der Waals surface area contributed by atoms with Crippen molar-refractivity contribution in [2.45, 2.75) is 32.4 Å². The van der Waals surface area contributed by atoms with Crippen molar-refractivity contribution < 1.29 is 0 Å². The Balaban J connectivity index is 2.38. The van der Waals surface area contributed by atoms with Crippen LogP contribution >= 0.6 is 15.9 Å². The van der Waals surface area contributed by atoms with E-state index in [1.807, 2.05) is 0 Å². The number of allylic oxidation sites excluding steroid dienone is 1. The topological polar surface area (TPSA) is 39.8 Å². The van der Waals surface area contributed by atoms with Crippen LogP contribution in [0.3, 0.4) is 0 Å². The van der Waals surface area contributed by atoms with Crippen LogP contribution in [0.4, 0.5) is 0 Å². The van der Waals surface area contributed by atoms with E-state index < -0.39 is 0 Å². The highest BCUT2D eigenvalue weighted by Crippen LogP contribution is 2.10. The third-order valence-corrected chi connectivity index (χ3v) is 2.60. The Morgan fingerprint density at radius 3 is 3.00 bits per heavy atom. The molecule has 0 atom stereocenters. The maximum Gasteiger partial charge on any atom is 0.346 e. The van der Waals surface area contributed by atoms with E-state index in [9.17, 15) is 4.79 Å². The maximum absolute atomic E-state index is 11.8. The standard InChI is InChI=1S/C9H12BrN3O/c1-7(10)6-13-9(14)12-5-3-2-4-8(12)11-13/h1-6H2. The Bertz CT molecular complexity index is 418. The molecule has 0 N–H and O–H groups in total. The van der Waals surface area contributed by atoms with E-state index in [0.717, 1.165) is 36.1 Å². The van der Waals surface area contributed by atoms with Gasteiger partial charge in [-0.3, -0.25) is 4.57 Å². The van der Waals surface area contributed by atoms with Gasteiger partial charge >= 0.3 is 5.69 Å². The number of rotatable bonds is 2. The first-order valence-electron chi connectivity index (χ1n) is 4.68. The molecule has 4 nitrogen and oxygen atoms in total. The molecule has 0 fully saturated rings. The van der Waals surface area contributed by atoms with Gasteiger partial charge in [-0.2, -0.15) is 5.10 Å². The minimum atomic E-state index is -0.0136. The predicted molar refractivity (Wildman–Crippen MR) is 57.5 cm³/mol. The first-order valence-corrected chi connectivity index (χ1v) is 5.47. The molecule has 0 saturated carbocycles. The van der Waals surface area contributed by atoms with Gasteiger partial charge in [-0.1, -0.05) is 22.5 Å². The molecule has 0 radical (unpaired) electrons. The largest absolute Gasteiger partial charge is 0.346 e. The summed E-state index contributed by atoms with van der Waals surface area (Å²) < 4.78 is 4.01. The van der Waals surface area contributed by atoms with Gasteiger partial charge in [-0.05, 0) is 12.8 Å². The highest BCUT2D eigenvalue weighted by molar-refractivity contribution is 9.11. The van der Waals surface area contributed by atoms with E-state index in [1.54, 1.807) is 4.57 Å². The predicted octanol–water partition coefficient (Wildman–Crippen LogP) is 1.29. The average molecular weight is 258 g/mol. The Hall–Kier alpha value is -0.840. The second-order valence-electron chi connectivity index (χ2n) is 3.48. The second-order valence-corrected chi connectivity index (χ2v) is 4.60. The van der Waals surface area contributed by atoms with Gasteiger partial charge in [0.05, 0.1) is 6.54 Å². The highest BCUT2D eigenvalue weighted by atomic mass is 79.9. The normalized spacial score (nSPS) is 15.2. The van der Waals surface area contributed by atoms with E-state index in [1.165, 1.54) is 4.68 Å². The van der Waals surface area contributed by atoms with E-state index in [4.69, 9.17) is 0 Å². The van der Waals surface area contributed by atoms with Gasteiger partial charge in [-0.15, -0.1) is 0 Å². The summed E-state index contributed by atoms with van der Waals surface area (Å²) in [6, 6.07) is 0. The summed E-state index contributed by atoms with van der Waals surface area (Å²) in [5.41, 5.74) is -0.0136. The summed E-state index contributed by atoms with van der Waals surface area (Å²) in [5.74, 6) is 0.912. The average Bonchev–Trinajstić information content (AvgIpc) is 2.44. The van der Waals surface area contributed by atoms with E-state index >= 15 is 0 Å². The van der Waals surface area contributed by atoms with Crippen molar-refractivity contribution in [3.05, 3.63) is 27.4 Å². The summed E-state index contributed by atoms with van der Waals surface area (Å²) in [6.07, 6.45) is 3.12. The zero-order valence-electron chi connectivity index (χ0n) is 7.87. The number of hydrogen-bond donors (Lipinski definition) is 0. The highest BCUT2D eigenvalue weighted by Gasteiger charge is 2.16. The van der Waals surface area contributed by atoms with E-state index in [-0.39, 0.29) is 5.69 Å². The molecule has 0 amide bonds. The van der Waals surface area contributed by atoms with Crippen molar-refractivity contribution >= 4 is 15.9 Å². The number of hydrogen-bond acceptors (Lipinski definition) is 2. The molecule has 76 valence electrons. The molecule has 0 aromatic carbocycles. The summed E-state index contributed by atoms with van der Waals surface area (Å²) in [6.45, 7) is 4.97. The Morgan fingerprint density at radius 2 is 2.36 bits per heavy atom. The molecule has 0 saturated heterocycles. The van der Waals surface area contributed by atoms with Crippen LogP contribution in [0.25, 0.3) is 0 Å². The molecule has 1 aliphatic heterocycles. The van der Waals surface area contributed by atoms with Gasteiger partial charge in [0, 0.05) is 17.4 Å². The van der Waals surface area contributed by atoms with Crippen LogP contribution in [0.1, 0.15) is 18.7 Å². The summed E-state index contributed by atoms with van der Waals surface area (Å²) in [5, 5.41) is 4.27. The van der Waals surface area contributed by atoms with Crippen LogP contribution < -0.4 is 5.69 Å². The smallest absolute Gasteiger partial charge is 0.279 e. The van der Waals surface area contributed by atoms with Crippen LogP contribution in [0, 0.1) is 0 Å². The monoisotopic (exact) mass is 257 g/mol. The minimum absolute atomic E-state index is 0.0136. The van der Waals surface area contributed by atoms with Gasteiger partial charge in [0.2, 0.25) is 0 Å². The van der Waals surface area contributed by atoms with Crippen molar-refractivity contribution in [3.63, 3.8) is 0 Å². The molecule has 2 heterocycles. The lowest BCUT2D eigenvalue weighted by Crippen LogP contribution is -2.27. The van der Waals surface area contributed by atoms with Gasteiger partial charge < -0.3 is 0 Å². The van der Waals surface area contributed by atoms with Crippen molar-refractivity contribution in [3.8, 4) is 0 Å². The van der Waals surface area contributed by atoms with Gasteiger partial charge in [0.1, 0.15) is 5.82 Å². The van der Waals surface area contributed by atoms with Gasteiger partial charge in [0.25, 0.3) is 0 Å². The molecule has 0 unspecified atom stereocenters. The summed E-state index contributed by atoms with van der Waals surface area (Å²) in [4.78, 5) is 11.8. The molecule has 0 aliphatic carbocycles. The van der Waals surface area contributed by atoms with E-state index in [0.29, 0.717) is 6.54 Å². The number of aryl methyl sites for hydroxylation is 1. The molecule has 5 heteroatoms. The van der Waals surface area contributed by atoms with Gasteiger partial charge in [-0.25, -0.2) is 9.48 Å². The number of aromatic nitrogens is 3. The fraction of sp³-hybridized carbons (Fsp3) is 0.556. The van der Waals surface area contributed by atoms with Crippen molar-refractivity contribution in [1.82, 2.24) is 14.3 Å². The molecule has 0 spiro atoms. The van der Waals surface area contributed by atoms with Crippen LogP contribution in [0.5, 0.6) is 0 Å². The molecule has 14 heavy (non-hydrogen) atoms. The molecular formula is C9H12BrN3O. The first kappa shape index (κ1) is 9.71. The van der Waals surface area contributed by atoms with Crippen molar-refractivity contribution in [2.75, 3.05) is 0 Å². The first-order chi connectivity index (χ1) is 6.68. The minimum Gasteiger partial charge on any atom is -0.279 e. The SMILES string of the molecule is C=C(Br)Cn1nc2n(c1=O)CCCC2.